The van der Waals surface area contributed by atoms with Crippen LogP contribution in [-0.2, 0) is 4.74 Å². The molecule has 6 heteroatoms. The second-order valence-electron chi connectivity index (χ2n) is 4.11. The van der Waals surface area contributed by atoms with E-state index < -0.39 is 0 Å². The summed E-state index contributed by atoms with van der Waals surface area (Å²) < 4.78 is 7.35. The van der Waals surface area contributed by atoms with Crippen LogP contribution in [0.2, 0.25) is 10.0 Å². The topological polar surface area (TPSA) is 53.1 Å². The quantitative estimate of drug-likeness (QED) is 0.868. The first-order valence-electron chi connectivity index (χ1n) is 5.37. The number of nitrogens with zero attached hydrogens (tertiary/aromatic N) is 2. The molecule has 0 aliphatic carbocycles. The third-order valence-electron chi connectivity index (χ3n) is 3.03. The molecule has 1 aliphatic heterocycles. The van der Waals surface area contributed by atoms with Gasteiger partial charge in [0.25, 0.3) is 0 Å². The van der Waals surface area contributed by atoms with Crippen molar-refractivity contribution >= 4 is 40.2 Å². The maximum Gasteiger partial charge on any atom is 0.201 e. The molecular weight excluding hydrogens is 261 g/mol. The lowest BCUT2D eigenvalue weighted by Gasteiger charge is -2.12. The second-order valence-corrected chi connectivity index (χ2v) is 4.93. The summed E-state index contributed by atoms with van der Waals surface area (Å²) in [5.74, 6) is 0.480. The van der Waals surface area contributed by atoms with Gasteiger partial charge in [-0.15, -0.1) is 0 Å². The molecule has 1 aromatic heterocycles. The Bertz CT molecular complexity index is 576. The monoisotopic (exact) mass is 271 g/mol. The van der Waals surface area contributed by atoms with Crippen LogP contribution in [0.25, 0.3) is 11.0 Å². The van der Waals surface area contributed by atoms with Crippen molar-refractivity contribution in [2.24, 2.45) is 0 Å². The van der Waals surface area contributed by atoms with Gasteiger partial charge < -0.3 is 15.0 Å². The van der Waals surface area contributed by atoms with Crippen molar-refractivity contribution in [3.05, 3.63) is 22.2 Å². The average Bonchev–Trinajstić information content (AvgIpc) is 2.86. The largest absolute Gasteiger partial charge is 0.379 e. The third kappa shape index (κ3) is 1.76. The van der Waals surface area contributed by atoms with Crippen molar-refractivity contribution in [3.63, 3.8) is 0 Å². The Morgan fingerprint density at radius 2 is 2.12 bits per heavy atom. The Kier molecular flexibility index (Phi) is 2.65. The van der Waals surface area contributed by atoms with E-state index >= 15 is 0 Å². The van der Waals surface area contributed by atoms with Crippen LogP contribution in [0.3, 0.4) is 0 Å². The molecule has 2 heterocycles. The zero-order valence-electron chi connectivity index (χ0n) is 8.99. The molecular formula is C11H11Cl2N3O. The minimum atomic E-state index is 0.234. The van der Waals surface area contributed by atoms with E-state index in [4.69, 9.17) is 33.7 Å². The number of fused-ring (bicyclic) bond motifs is 1. The molecule has 3 rings (SSSR count). The van der Waals surface area contributed by atoms with Crippen molar-refractivity contribution in [2.75, 3.05) is 18.9 Å². The van der Waals surface area contributed by atoms with Gasteiger partial charge in [-0.1, -0.05) is 23.2 Å². The van der Waals surface area contributed by atoms with Gasteiger partial charge in [-0.3, -0.25) is 0 Å². The first-order chi connectivity index (χ1) is 8.16. The number of imidazole rings is 1. The van der Waals surface area contributed by atoms with Crippen LogP contribution in [0, 0.1) is 0 Å². The van der Waals surface area contributed by atoms with Crippen LogP contribution in [-0.4, -0.2) is 22.8 Å². The van der Waals surface area contributed by atoms with E-state index in [-0.39, 0.29) is 6.04 Å². The summed E-state index contributed by atoms with van der Waals surface area (Å²) in [5, 5.41) is 1.01. The fourth-order valence-electron chi connectivity index (χ4n) is 2.22. The number of hydrogen-bond donors (Lipinski definition) is 1. The lowest BCUT2D eigenvalue weighted by Crippen LogP contribution is -2.11. The van der Waals surface area contributed by atoms with Gasteiger partial charge in [-0.25, -0.2) is 4.98 Å². The fraction of sp³-hybridized carbons (Fsp3) is 0.364. The minimum Gasteiger partial charge on any atom is -0.379 e. The van der Waals surface area contributed by atoms with E-state index in [9.17, 15) is 0 Å². The van der Waals surface area contributed by atoms with Gasteiger partial charge in [-0.05, 0) is 18.6 Å². The molecule has 0 saturated carbocycles. The number of aromatic nitrogens is 2. The van der Waals surface area contributed by atoms with Gasteiger partial charge in [0.15, 0.2) is 0 Å². The Hall–Kier alpha value is -0.970. The second kappa shape index (κ2) is 4.05. The van der Waals surface area contributed by atoms with Gasteiger partial charge >= 0.3 is 0 Å². The summed E-state index contributed by atoms with van der Waals surface area (Å²) in [4.78, 5) is 4.30. The van der Waals surface area contributed by atoms with Crippen LogP contribution in [0.5, 0.6) is 0 Å². The molecule has 0 amide bonds. The number of ether oxygens (including phenoxy) is 1. The predicted molar refractivity (Wildman–Crippen MR) is 68.6 cm³/mol. The molecule has 1 aliphatic rings. The van der Waals surface area contributed by atoms with Crippen molar-refractivity contribution < 1.29 is 4.74 Å². The Labute approximate surface area is 108 Å². The summed E-state index contributed by atoms with van der Waals surface area (Å²) >= 11 is 12.0. The Morgan fingerprint density at radius 3 is 2.82 bits per heavy atom. The SMILES string of the molecule is Nc1nc2cc(Cl)c(Cl)cc2n1C1CCOC1. The highest BCUT2D eigenvalue weighted by molar-refractivity contribution is 6.42. The lowest BCUT2D eigenvalue weighted by molar-refractivity contribution is 0.187. The number of hydrogen-bond acceptors (Lipinski definition) is 3. The van der Waals surface area contributed by atoms with Crippen LogP contribution in [0.1, 0.15) is 12.5 Å². The number of halogens is 2. The number of nitrogens with two attached hydrogens (primary N) is 1. The van der Waals surface area contributed by atoms with Crippen molar-refractivity contribution in [1.82, 2.24) is 9.55 Å². The molecule has 4 nitrogen and oxygen atoms in total. The van der Waals surface area contributed by atoms with Crippen LogP contribution in [0.15, 0.2) is 12.1 Å². The van der Waals surface area contributed by atoms with E-state index in [1.807, 2.05) is 4.57 Å². The average molecular weight is 272 g/mol. The van der Waals surface area contributed by atoms with Crippen LogP contribution in [0.4, 0.5) is 5.95 Å². The highest BCUT2D eigenvalue weighted by Gasteiger charge is 2.22. The summed E-state index contributed by atoms with van der Waals surface area (Å²) in [6, 6.07) is 3.78. The van der Waals surface area contributed by atoms with Crippen molar-refractivity contribution in [3.8, 4) is 0 Å². The first kappa shape index (κ1) is 11.1. The Morgan fingerprint density at radius 1 is 1.35 bits per heavy atom. The molecule has 1 atom stereocenters. The molecule has 17 heavy (non-hydrogen) atoms. The summed E-state index contributed by atoms with van der Waals surface area (Å²) in [6.45, 7) is 1.42. The van der Waals surface area contributed by atoms with E-state index in [0.29, 0.717) is 22.6 Å². The molecule has 0 bridgehead atoms. The number of anilines is 1. The van der Waals surface area contributed by atoms with Crippen LogP contribution < -0.4 is 5.73 Å². The first-order valence-corrected chi connectivity index (χ1v) is 6.12. The molecule has 1 unspecified atom stereocenters. The molecule has 1 fully saturated rings. The lowest BCUT2D eigenvalue weighted by atomic mass is 10.2. The fourth-order valence-corrected chi connectivity index (χ4v) is 2.53. The number of nitrogen functional groups attached to an aromatic ring is 1. The normalized spacial score (nSPS) is 20.2. The third-order valence-corrected chi connectivity index (χ3v) is 3.75. The smallest absolute Gasteiger partial charge is 0.201 e. The molecule has 90 valence electrons. The summed E-state index contributed by atoms with van der Waals surface area (Å²) in [6.07, 6.45) is 0.940. The molecule has 2 aromatic rings. The predicted octanol–water partition coefficient (Wildman–Crippen LogP) is 2.89. The zero-order valence-corrected chi connectivity index (χ0v) is 10.5. The van der Waals surface area contributed by atoms with Crippen molar-refractivity contribution in [1.29, 1.82) is 0 Å². The highest BCUT2D eigenvalue weighted by atomic mass is 35.5. The molecule has 2 N–H and O–H groups in total. The van der Waals surface area contributed by atoms with E-state index in [2.05, 4.69) is 4.98 Å². The zero-order chi connectivity index (χ0) is 12.0. The van der Waals surface area contributed by atoms with Crippen LogP contribution >= 0.6 is 23.2 Å². The van der Waals surface area contributed by atoms with Gasteiger partial charge in [0.2, 0.25) is 5.95 Å². The van der Waals surface area contributed by atoms with E-state index in [1.165, 1.54) is 0 Å². The molecule has 0 radical (unpaired) electrons. The maximum atomic E-state index is 6.03. The number of benzene rings is 1. The Balaban J connectivity index is 2.22. The van der Waals surface area contributed by atoms with Gasteiger partial charge in [0, 0.05) is 6.61 Å². The van der Waals surface area contributed by atoms with Crippen molar-refractivity contribution in [2.45, 2.75) is 12.5 Å². The summed E-state index contributed by atoms with van der Waals surface area (Å²) in [7, 11) is 0. The summed E-state index contributed by atoms with van der Waals surface area (Å²) in [5.41, 5.74) is 7.62. The molecule has 0 spiro atoms. The minimum absolute atomic E-state index is 0.234. The molecule has 1 aromatic carbocycles. The van der Waals surface area contributed by atoms with Gasteiger partial charge in [0.1, 0.15) is 0 Å². The maximum absolute atomic E-state index is 6.03. The van der Waals surface area contributed by atoms with Gasteiger partial charge in [0.05, 0.1) is 33.7 Å². The van der Waals surface area contributed by atoms with Gasteiger partial charge in [-0.2, -0.15) is 0 Å². The van der Waals surface area contributed by atoms with E-state index in [1.54, 1.807) is 12.1 Å². The highest BCUT2D eigenvalue weighted by Crippen LogP contribution is 2.32. The number of rotatable bonds is 1. The van der Waals surface area contributed by atoms with E-state index in [0.717, 1.165) is 24.1 Å². The molecule has 1 saturated heterocycles. The standard InChI is InChI=1S/C11H11Cl2N3O/c12-7-3-9-10(4-8(7)13)16(11(14)15-9)6-1-2-17-5-6/h3-4,6H,1-2,5H2,(H2,14,15).